The molecule has 0 fully saturated rings. The molecule has 1 N–H and O–H groups in total. The van der Waals surface area contributed by atoms with E-state index in [9.17, 15) is 8.78 Å². The number of fused-ring (bicyclic) bond motifs is 1. The Morgan fingerprint density at radius 1 is 1.33 bits per heavy atom. The van der Waals surface area contributed by atoms with Crippen LogP contribution < -0.4 is 0 Å². The zero-order valence-electron chi connectivity index (χ0n) is 5.71. The normalized spacial score (nSPS) is 10.8. The maximum Gasteiger partial charge on any atom is 0.270 e. The van der Waals surface area contributed by atoms with Crippen LogP contribution >= 0.6 is 11.3 Å². The summed E-state index contributed by atoms with van der Waals surface area (Å²) in [5, 5.41) is 8.24. The number of thiazole rings is 1. The molecule has 0 unspecified atom stereocenters. The molecule has 62 valence electrons. The van der Waals surface area contributed by atoms with Gasteiger partial charge in [-0.25, -0.2) is 9.37 Å². The van der Waals surface area contributed by atoms with Gasteiger partial charge in [0.2, 0.25) is 0 Å². The summed E-state index contributed by atoms with van der Waals surface area (Å²) in [7, 11) is 0. The van der Waals surface area contributed by atoms with Gasteiger partial charge in [0, 0.05) is 6.07 Å². The van der Waals surface area contributed by atoms with Crippen LogP contribution in [0.4, 0.5) is 8.78 Å². The molecule has 0 aliphatic carbocycles. The molecule has 0 aliphatic heterocycles. The third kappa shape index (κ3) is 1.02. The first-order valence-electron chi connectivity index (χ1n) is 3.11. The highest BCUT2D eigenvalue weighted by molar-refractivity contribution is 7.17. The third-order valence-corrected chi connectivity index (χ3v) is 2.20. The number of halogens is 2. The van der Waals surface area contributed by atoms with Gasteiger partial charge in [-0.3, -0.25) is 0 Å². The lowest BCUT2D eigenvalue weighted by atomic mass is 10.3. The number of phenolic OH excluding ortho intramolecular Hbond substituents is 1. The molecule has 2 aromatic rings. The van der Waals surface area contributed by atoms with Crippen LogP contribution in [0.15, 0.2) is 12.1 Å². The van der Waals surface area contributed by atoms with Crippen molar-refractivity contribution in [2.45, 2.75) is 0 Å². The topological polar surface area (TPSA) is 33.1 Å². The van der Waals surface area contributed by atoms with Crippen LogP contribution in [-0.2, 0) is 0 Å². The van der Waals surface area contributed by atoms with Crippen molar-refractivity contribution in [3.8, 4) is 5.75 Å². The van der Waals surface area contributed by atoms with Gasteiger partial charge in [0.25, 0.3) is 5.26 Å². The molecule has 1 aromatic heterocycles. The number of hydrogen-bond acceptors (Lipinski definition) is 3. The second-order valence-electron chi connectivity index (χ2n) is 2.24. The number of hydrogen-bond donors (Lipinski definition) is 1. The number of benzene rings is 1. The number of phenols is 1. The van der Waals surface area contributed by atoms with Crippen LogP contribution in [0.2, 0.25) is 0 Å². The summed E-state index contributed by atoms with van der Waals surface area (Å²) in [4.78, 5) is 3.32. The largest absolute Gasteiger partial charge is 0.508 e. The van der Waals surface area contributed by atoms with E-state index in [4.69, 9.17) is 5.11 Å². The lowest BCUT2D eigenvalue weighted by Gasteiger charge is -1.91. The number of nitrogens with zero attached hydrogens (tertiary/aromatic N) is 1. The summed E-state index contributed by atoms with van der Waals surface area (Å²) in [6.45, 7) is 0. The van der Waals surface area contributed by atoms with Crippen molar-refractivity contribution in [3.63, 3.8) is 0 Å². The first-order chi connectivity index (χ1) is 5.66. The van der Waals surface area contributed by atoms with Crippen molar-refractivity contribution in [1.29, 1.82) is 0 Å². The first-order valence-corrected chi connectivity index (χ1v) is 3.93. The molecule has 12 heavy (non-hydrogen) atoms. The summed E-state index contributed by atoms with van der Waals surface area (Å²) in [6.07, 6.45) is 0. The highest BCUT2D eigenvalue weighted by Gasteiger charge is 2.08. The quantitative estimate of drug-likeness (QED) is 0.686. The summed E-state index contributed by atoms with van der Waals surface area (Å²) in [6, 6.07) is 2.18. The van der Waals surface area contributed by atoms with Gasteiger partial charge < -0.3 is 5.11 Å². The lowest BCUT2D eigenvalue weighted by molar-refractivity contribution is 0.471. The molecular weight excluding hydrogens is 184 g/mol. The van der Waals surface area contributed by atoms with Gasteiger partial charge >= 0.3 is 0 Å². The summed E-state index contributed by atoms with van der Waals surface area (Å²) in [5.74, 6) is -0.922. The van der Waals surface area contributed by atoms with Crippen molar-refractivity contribution in [3.05, 3.63) is 23.2 Å². The molecule has 2 rings (SSSR count). The van der Waals surface area contributed by atoms with Crippen molar-refractivity contribution >= 4 is 21.6 Å². The maximum absolute atomic E-state index is 12.9. The number of rotatable bonds is 0. The average Bonchev–Trinajstić information content (AvgIpc) is 2.29. The Balaban J connectivity index is 2.88. The van der Waals surface area contributed by atoms with E-state index in [-0.39, 0.29) is 11.3 Å². The van der Waals surface area contributed by atoms with Crippen LogP contribution in [-0.4, -0.2) is 10.1 Å². The predicted octanol–water partition coefficient (Wildman–Crippen LogP) is 2.28. The van der Waals surface area contributed by atoms with Gasteiger partial charge in [0.05, 0.1) is 4.70 Å². The van der Waals surface area contributed by atoms with E-state index >= 15 is 0 Å². The number of aromatic nitrogens is 1. The smallest absolute Gasteiger partial charge is 0.270 e. The van der Waals surface area contributed by atoms with Crippen molar-refractivity contribution in [2.75, 3.05) is 0 Å². The first kappa shape index (κ1) is 7.42. The minimum absolute atomic E-state index is 0.0321. The van der Waals surface area contributed by atoms with Gasteiger partial charge in [0.15, 0.2) is 5.82 Å². The molecular formula is C7H3F2NOS. The Bertz CT molecular complexity index is 440. The van der Waals surface area contributed by atoms with Crippen molar-refractivity contribution in [2.24, 2.45) is 0 Å². The van der Waals surface area contributed by atoms with E-state index in [0.29, 0.717) is 16.0 Å². The Kier molecular flexibility index (Phi) is 1.47. The third-order valence-electron chi connectivity index (χ3n) is 1.41. The zero-order chi connectivity index (χ0) is 8.72. The number of aromatic hydroxyl groups is 1. The lowest BCUT2D eigenvalue weighted by Crippen LogP contribution is -1.77. The van der Waals surface area contributed by atoms with Gasteiger partial charge in [-0.05, 0) is 6.07 Å². The molecule has 0 atom stereocenters. The Labute approximate surface area is 70.1 Å². The highest BCUT2D eigenvalue weighted by atomic mass is 32.1. The van der Waals surface area contributed by atoms with E-state index in [1.807, 2.05) is 0 Å². The second-order valence-corrected chi connectivity index (χ2v) is 3.22. The average molecular weight is 187 g/mol. The van der Waals surface area contributed by atoms with Crippen LogP contribution in [0.5, 0.6) is 5.75 Å². The Hall–Kier alpha value is -1.23. The molecule has 0 aliphatic rings. The van der Waals surface area contributed by atoms with Crippen LogP contribution in [0.25, 0.3) is 10.2 Å². The molecule has 0 amide bonds. The highest BCUT2D eigenvalue weighted by Crippen LogP contribution is 2.27. The fraction of sp³-hybridized carbons (Fsp3) is 0. The van der Waals surface area contributed by atoms with Gasteiger partial charge in [-0.15, -0.1) is 0 Å². The van der Waals surface area contributed by atoms with E-state index in [2.05, 4.69) is 4.98 Å². The van der Waals surface area contributed by atoms with Crippen molar-refractivity contribution < 1.29 is 13.9 Å². The van der Waals surface area contributed by atoms with E-state index < -0.39 is 11.1 Å². The van der Waals surface area contributed by atoms with E-state index in [1.165, 1.54) is 6.07 Å². The molecule has 2 nitrogen and oxygen atoms in total. The SMILES string of the molecule is Oc1cc(F)c2nc(F)sc2c1. The minimum Gasteiger partial charge on any atom is -0.508 e. The standard InChI is InChI=1S/C7H3F2NOS/c8-4-1-3(11)2-5-6(4)10-7(9)12-5/h1-2,11H. The Morgan fingerprint density at radius 2 is 2.08 bits per heavy atom. The van der Waals surface area contributed by atoms with Gasteiger partial charge in [-0.2, -0.15) is 4.39 Å². The molecule has 0 radical (unpaired) electrons. The fourth-order valence-corrected chi connectivity index (χ4v) is 1.69. The van der Waals surface area contributed by atoms with Gasteiger partial charge in [0.1, 0.15) is 11.3 Å². The van der Waals surface area contributed by atoms with E-state index in [0.717, 1.165) is 6.07 Å². The summed E-state index contributed by atoms with van der Waals surface area (Å²) >= 11 is 0.703. The summed E-state index contributed by atoms with van der Waals surface area (Å²) < 4.78 is 25.7. The molecule has 0 bridgehead atoms. The fourth-order valence-electron chi connectivity index (χ4n) is 0.948. The van der Waals surface area contributed by atoms with Gasteiger partial charge in [-0.1, -0.05) is 11.3 Å². The second kappa shape index (κ2) is 2.38. The molecule has 0 saturated heterocycles. The molecule has 1 aromatic carbocycles. The van der Waals surface area contributed by atoms with E-state index in [1.54, 1.807) is 0 Å². The molecule has 0 saturated carbocycles. The van der Waals surface area contributed by atoms with Crippen LogP contribution in [0.1, 0.15) is 0 Å². The summed E-state index contributed by atoms with van der Waals surface area (Å²) in [5.41, 5.74) is -0.0321. The zero-order valence-corrected chi connectivity index (χ0v) is 6.53. The maximum atomic E-state index is 12.9. The van der Waals surface area contributed by atoms with Crippen LogP contribution in [0, 0.1) is 11.1 Å². The molecule has 0 spiro atoms. The molecule has 5 heteroatoms. The van der Waals surface area contributed by atoms with Crippen LogP contribution in [0.3, 0.4) is 0 Å². The minimum atomic E-state index is -0.704. The predicted molar refractivity (Wildman–Crippen MR) is 41.2 cm³/mol. The Morgan fingerprint density at radius 3 is 2.83 bits per heavy atom. The van der Waals surface area contributed by atoms with Crippen molar-refractivity contribution in [1.82, 2.24) is 4.98 Å². The molecule has 1 heterocycles. The monoisotopic (exact) mass is 187 g/mol.